The molecule has 0 saturated heterocycles. The molecule has 1 aromatic heterocycles. The molecule has 0 amide bonds. The largest absolute Gasteiger partial charge is 0.857 e. The minimum atomic E-state index is -0.536. The van der Waals surface area contributed by atoms with Crippen LogP contribution in [0.1, 0.15) is 0 Å². The highest BCUT2D eigenvalue weighted by molar-refractivity contribution is 5.96. The second-order valence-corrected chi connectivity index (χ2v) is 2.77. The first-order valence-electron chi connectivity index (χ1n) is 3.96. The van der Waals surface area contributed by atoms with Crippen molar-refractivity contribution in [3.63, 3.8) is 0 Å². The third-order valence-electron chi connectivity index (χ3n) is 1.78. The van der Waals surface area contributed by atoms with Gasteiger partial charge in [-0.1, -0.05) is 0 Å². The van der Waals surface area contributed by atoms with Gasteiger partial charge in [-0.05, 0) is 0 Å². The number of nitrogens with one attached hydrogen (secondary N) is 1. The number of aliphatic imine (C=N–C) groups is 1. The predicted octanol–water partition coefficient (Wildman–Crippen LogP) is -1.38. The molecule has 0 saturated carbocycles. The van der Waals surface area contributed by atoms with E-state index in [4.69, 9.17) is 10.8 Å². The Hall–Kier alpha value is -1.89. The number of fused-ring (bicyclic) bond motifs is 1. The number of nitrogen functional groups attached to an aromatic ring is 1. The van der Waals surface area contributed by atoms with Crippen LogP contribution >= 0.6 is 0 Å². The van der Waals surface area contributed by atoms with Crippen molar-refractivity contribution in [2.75, 3.05) is 24.2 Å². The molecule has 0 aliphatic carbocycles. The van der Waals surface area contributed by atoms with Gasteiger partial charge in [0.05, 0.1) is 18.9 Å². The molecule has 74 valence electrons. The second-order valence-electron chi connectivity index (χ2n) is 2.77. The SMILES string of the molecule is Nc1nc([O-])c2c(n1)NCC(CO)=N2. The Balaban J connectivity index is 2.52. The molecule has 0 fully saturated rings. The summed E-state index contributed by atoms with van der Waals surface area (Å²) < 4.78 is 0. The number of rotatable bonds is 1. The van der Waals surface area contributed by atoms with E-state index in [9.17, 15) is 5.11 Å². The fraction of sp³-hybridized carbons (Fsp3) is 0.286. The number of anilines is 2. The maximum atomic E-state index is 11.3. The lowest BCUT2D eigenvalue weighted by atomic mass is 10.3. The average molecular weight is 194 g/mol. The summed E-state index contributed by atoms with van der Waals surface area (Å²) in [5.74, 6) is -0.297. The van der Waals surface area contributed by atoms with E-state index in [1.165, 1.54) is 0 Å². The number of hydrogen-bond acceptors (Lipinski definition) is 7. The zero-order valence-corrected chi connectivity index (χ0v) is 7.19. The summed E-state index contributed by atoms with van der Waals surface area (Å²) >= 11 is 0. The van der Waals surface area contributed by atoms with E-state index >= 15 is 0 Å². The molecular formula is C7H8N5O2-. The molecule has 7 nitrogen and oxygen atoms in total. The molecule has 0 aromatic carbocycles. The first kappa shape index (κ1) is 8.70. The summed E-state index contributed by atoms with van der Waals surface area (Å²) in [6.45, 7) is 0.162. The molecule has 0 spiro atoms. The molecule has 0 unspecified atom stereocenters. The number of aliphatic hydroxyl groups is 1. The molecule has 1 aromatic rings. The maximum Gasteiger partial charge on any atom is 0.221 e. The number of nitrogens with zero attached hydrogens (tertiary/aromatic N) is 3. The predicted molar refractivity (Wildman–Crippen MR) is 48.6 cm³/mol. The van der Waals surface area contributed by atoms with E-state index in [1.54, 1.807) is 0 Å². The normalized spacial score (nSPS) is 14.2. The Morgan fingerprint density at radius 1 is 1.50 bits per heavy atom. The van der Waals surface area contributed by atoms with Crippen LogP contribution in [0.15, 0.2) is 4.99 Å². The van der Waals surface area contributed by atoms with Crippen molar-refractivity contribution >= 4 is 23.2 Å². The van der Waals surface area contributed by atoms with E-state index in [2.05, 4.69) is 20.3 Å². The minimum absolute atomic E-state index is 0.0797. The monoisotopic (exact) mass is 194 g/mol. The zero-order chi connectivity index (χ0) is 10.1. The molecule has 0 atom stereocenters. The minimum Gasteiger partial charge on any atom is -0.857 e. The maximum absolute atomic E-state index is 11.3. The van der Waals surface area contributed by atoms with Gasteiger partial charge >= 0.3 is 0 Å². The molecular weight excluding hydrogens is 186 g/mol. The van der Waals surface area contributed by atoms with Crippen molar-refractivity contribution in [2.24, 2.45) is 4.99 Å². The van der Waals surface area contributed by atoms with Gasteiger partial charge in [-0.3, -0.25) is 0 Å². The van der Waals surface area contributed by atoms with Crippen molar-refractivity contribution in [2.45, 2.75) is 0 Å². The van der Waals surface area contributed by atoms with Gasteiger partial charge in [0, 0.05) is 5.88 Å². The van der Waals surface area contributed by atoms with Gasteiger partial charge < -0.3 is 21.3 Å². The van der Waals surface area contributed by atoms with Gasteiger partial charge in [-0.25, -0.2) is 9.98 Å². The Bertz CT molecular complexity index is 403. The molecule has 1 aliphatic rings. The van der Waals surface area contributed by atoms with E-state index < -0.39 is 5.88 Å². The molecule has 1 aliphatic heterocycles. The number of hydrogen-bond donors (Lipinski definition) is 3. The van der Waals surface area contributed by atoms with Gasteiger partial charge in [0.25, 0.3) is 0 Å². The summed E-state index contributed by atoms with van der Waals surface area (Å²) in [5.41, 5.74) is 5.87. The first-order chi connectivity index (χ1) is 6.70. The number of aromatic nitrogens is 2. The van der Waals surface area contributed by atoms with Crippen LogP contribution in [0, 0.1) is 0 Å². The molecule has 7 heteroatoms. The Labute approximate surface area is 79.3 Å². The Morgan fingerprint density at radius 3 is 3.00 bits per heavy atom. The van der Waals surface area contributed by atoms with Crippen molar-refractivity contribution in [1.82, 2.24) is 9.97 Å². The molecule has 4 N–H and O–H groups in total. The topological polar surface area (TPSA) is 119 Å². The van der Waals surface area contributed by atoms with Crippen LogP contribution in [0.25, 0.3) is 0 Å². The van der Waals surface area contributed by atoms with Crippen molar-refractivity contribution < 1.29 is 10.2 Å². The summed E-state index contributed by atoms with van der Waals surface area (Å²) in [4.78, 5) is 11.2. The van der Waals surface area contributed by atoms with Crippen molar-refractivity contribution in [1.29, 1.82) is 0 Å². The van der Waals surface area contributed by atoms with E-state index in [0.717, 1.165) is 0 Å². The molecule has 2 heterocycles. The Kier molecular flexibility index (Phi) is 1.93. The smallest absolute Gasteiger partial charge is 0.221 e. The lowest BCUT2D eigenvalue weighted by molar-refractivity contribution is -0.273. The number of aliphatic hydroxyl groups excluding tert-OH is 1. The first-order valence-corrected chi connectivity index (χ1v) is 3.96. The quantitative estimate of drug-likeness (QED) is 0.507. The second kappa shape index (κ2) is 3.11. The molecule has 14 heavy (non-hydrogen) atoms. The highest BCUT2D eigenvalue weighted by atomic mass is 16.3. The summed E-state index contributed by atoms with van der Waals surface area (Å²) in [6.07, 6.45) is 0. The number of nitrogens with two attached hydrogens (primary N) is 1. The summed E-state index contributed by atoms with van der Waals surface area (Å²) in [7, 11) is 0. The van der Waals surface area contributed by atoms with Gasteiger partial charge in [0.1, 0.15) is 5.69 Å². The van der Waals surface area contributed by atoms with Crippen molar-refractivity contribution in [3.8, 4) is 5.88 Å². The van der Waals surface area contributed by atoms with Gasteiger partial charge in [-0.15, -0.1) is 0 Å². The van der Waals surface area contributed by atoms with E-state index in [1.807, 2.05) is 0 Å². The van der Waals surface area contributed by atoms with Gasteiger partial charge in [0.2, 0.25) is 5.95 Å². The van der Waals surface area contributed by atoms with Crippen LogP contribution in [0.3, 0.4) is 0 Å². The van der Waals surface area contributed by atoms with Crippen LogP contribution in [-0.4, -0.2) is 33.9 Å². The van der Waals surface area contributed by atoms with Gasteiger partial charge in [0.15, 0.2) is 5.82 Å². The fourth-order valence-corrected chi connectivity index (χ4v) is 1.15. The summed E-state index contributed by atoms with van der Waals surface area (Å²) in [6, 6.07) is 0. The fourth-order valence-electron chi connectivity index (χ4n) is 1.15. The van der Waals surface area contributed by atoms with Crippen LogP contribution in [0.4, 0.5) is 17.5 Å². The van der Waals surface area contributed by atoms with Crippen LogP contribution < -0.4 is 16.2 Å². The third kappa shape index (κ3) is 1.33. The molecule has 0 radical (unpaired) electrons. The highest BCUT2D eigenvalue weighted by Gasteiger charge is 2.13. The standard InChI is InChI=1S/C7H9N5O2/c8-7-11-5-4(6(14)12-7)10-3(2-13)1-9-5/h13H,1-2H2,(H4,8,9,11,12,14)/p-1. The molecule has 2 rings (SSSR count). The zero-order valence-electron chi connectivity index (χ0n) is 7.19. The van der Waals surface area contributed by atoms with Gasteiger partial charge in [-0.2, -0.15) is 4.98 Å². The van der Waals surface area contributed by atoms with Crippen LogP contribution in [0.5, 0.6) is 5.88 Å². The van der Waals surface area contributed by atoms with E-state index in [0.29, 0.717) is 18.1 Å². The highest BCUT2D eigenvalue weighted by Crippen LogP contribution is 2.32. The van der Waals surface area contributed by atoms with Crippen LogP contribution in [-0.2, 0) is 0 Å². The van der Waals surface area contributed by atoms with Crippen LogP contribution in [0.2, 0.25) is 0 Å². The van der Waals surface area contributed by atoms with E-state index in [-0.39, 0.29) is 18.2 Å². The average Bonchev–Trinajstić information content (AvgIpc) is 2.17. The lowest BCUT2D eigenvalue weighted by Gasteiger charge is -2.19. The lowest BCUT2D eigenvalue weighted by Crippen LogP contribution is -2.22. The summed E-state index contributed by atoms with van der Waals surface area (Å²) in [5, 5.41) is 22.9. The molecule has 0 bridgehead atoms. The van der Waals surface area contributed by atoms with Crippen molar-refractivity contribution in [3.05, 3.63) is 0 Å². The Morgan fingerprint density at radius 2 is 2.29 bits per heavy atom. The third-order valence-corrected chi connectivity index (χ3v) is 1.78.